The van der Waals surface area contributed by atoms with Crippen LogP contribution in [0.4, 0.5) is 0 Å². The molecule has 0 spiro atoms. The number of unbranched alkanes of at least 4 members (excludes halogenated alkanes) is 1. The molecular formula is C30H45NO4. The van der Waals surface area contributed by atoms with E-state index in [4.69, 9.17) is 14.7 Å². The zero-order valence-corrected chi connectivity index (χ0v) is 22.8. The molecule has 0 aliphatic rings. The summed E-state index contributed by atoms with van der Waals surface area (Å²) in [5.41, 5.74) is 6.75. The van der Waals surface area contributed by atoms with E-state index in [1.807, 2.05) is 0 Å². The lowest BCUT2D eigenvalue weighted by atomic mass is 9.70. The van der Waals surface area contributed by atoms with Crippen LogP contribution in [0.1, 0.15) is 95.4 Å². The van der Waals surface area contributed by atoms with Crippen LogP contribution >= 0.6 is 0 Å². The molecule has 194 valence electrons. The average Bonchev–Trinajstić information content (AvgIpc) is 2.81. The van der Waals surface area contributed by atoms with Crippen LogP contribution in [-0.2, 0) is 10.2 Å². The Labute approximate surface area is 212 Å². The molecule has 2 rings (SSSR count). The number of amides is 1. The Hall–Kier alpha value is -2.53. The van der Waals surface area contributed by atoms with Crippen molar-refractivity contribution >= 4 is 5.91 Å². The number of rotatable bonds is 13. The van der Waals surface area contributed by atoms with E-state index in [0.29, 0.717) is 19.4 Å². The second-order valence-electron chi connectivity index (χ2n) is 10.7. The van der Waals surface area contributed by atoms with E-state index >= 15 is 0 Å². The normalized spacial score (nSPS) is 11.9. The lowest BCUT2D eigenvalue weighted by Crippen LogP contribution is -2.26. The molecule has 0 aliphatic carbocycles. The van der Waals surface area contributed by atoms with Crippen molar-refractivity contribution in [2.24, 2.45) is 5.41 Å². The minimum Gasteiger partial charge on any atom is -0.493 e. The molecule has 0 saturated heterocycles. The van der Waals surface area contributed by atoms with Crippen molar-refractivity contribution in [3.05, 3.63) is 58.7 Å². The summed E-state index contributed by atoms with van der Waals surface area (Å²) >= 11 is 0. The van der Waals surface area contributed by atoms with Crippen LogP contribution in [-0.4, -0.2) is 24.3 Å². The minimum atomic E-state index is -0.360. The summed E-state index contributed by atoms with van der Waals surface area (Å²) in [6.45, 7) is 16.7. The SMILES string of the molecule is CCC(CC)(c1ccc(OCCCCC(=O)NO)c(C)c1)c1ccc(OCCC(C)(C)C)c(C)c1. The lowest BCUT2D eigenvalue weighted by molar-refractivity contribution is -0.129. The van der Waals surface area contributed by atoms with E-state index in [2.05, 4.69) is 84.9 Å². The van der Waals surface area contributed by atoms with Gasteiger partial charge < -0.3 is 9.47 Å². The van der Waals surface area contributed by atoms with Crippen molar-refractivity contribution in [1.82, 2.24) is 5.48 Å². The van der Waals surface area contributed by atoms with Gasteiger partial charge in [0.05, 0.1) is 13.2 Å². The first kappa shape index (κ1) is 28.7. The molecule has 0 fully saturated rings. The van der Waals surface area contributed by atoms with Crippen molar-refractivity contribution in [2.75, 3.05) is 13.2 Å². The average molecular weight is 484 g/mol. The van der Waals surface area contributed by atoms with Gasteiger partial charge in [0.1, 0.15) is 11.5 Å². The summed E-state index contributed by atoms with van der Waals surface area (Å²) in [6.07, 6.45) is 4.75. The Bertz CT molecular complexity index is 957. The second-order valence-corrected chi connectivity index (χ2v) is 10.7. The van der Waals surface area contributed by atoms with Gasteiger partial charge in [0.2, 0.25) is 5.91 Å². The molecule has 0 bridgehead atoms. The number of hydrogen-bond acceptors (Lipinski definition) is 4. The molecule has 0 heterocycles. The fraction of sp³-hybridized carbons (Fsp3) is 0.567. The highest BCUT2D eigenvalue weighted by Gasteiger charge is 2.31. The number of benzene rings is 2. The van der Waals surface area contributed by atoms with Crippen LogP contribution in [0, 0.1) is 19.3 Å². The zero-order chi connectivity index (χ0) is 26.1. The van der Waals surface area contributed by atoms with E-state index in [1.54, 1.807) is 5.48 Å². The molecule has 0 radical (unpaired) electrons. The quantitative estimate of drug-likeness (QED) is 0.178. The summed E-state index contributed by atoms with van der Waals surface area (Å²) in [7, 11) is 0. The molecule has 5 nitrogen and oxygen atoms in total. The van der Waals surface area contributed by atoms with Crippen LogP contribution in [0.5, 0.6) is 11.5 Å². The van der Waals surface area contributed by atoms with Gasteiger partial charge in [-0.1, -0.05) is 58.9 Å². The highest BCUT2D eigenvalue weighted by Crippen LogP contribution is 2.41. The highest BCUT2D eigenvalue weighted by atomic mass is 16.5. The van der Waals surface area contributed by atoms with Crippen molar-refractivity contribution in [3.63, 3.8) is 0 Å². The minimum absolute atomic E-state index is 0.0738. The molecule has 5 heteroatoms. The third-order valence-electron chi connectivity index (χ3n) is 6.95. The van der Waals surface area contributed by atoms with Gasteiger partial charge in [-0.15, -0.1) is 0 Å². The number of hydroxylamine groups is 1. The van der Waals surface area contributed by atoms with Gasteiger partial charge in [-0.2, -0.15) is 0 Å². The molecule has 2 N–H and O–H groups in total. The smallest absolute Gasteiger partial charge is 0.243 e. The summed E-state index contributed by atoms with van der Waals surface area (Å²) in [5, 5.41) is 8.57. The second kappa shape index (κ2) is 13.0. The molecular weight excluding hydrogens is 438 g/mol. The third kappa shape index (κ3) is 7.99. The van der Waals surface area contributed by atoms with Gasteiger partial charge in [-0.05, 0) is 85.8 Å². The molecule has 0 unspecified atom stereocenters. The van der Waals surface area contributed by atoms with Crippen LogP contribution < -0.4 is 15.0 Å². The standard InChI is InChI=1S/C30H45NO4/c1-8-30(9-2,25-14-16-27(23(4)21-25)35-19-17-29(5,6)7)24-13-15-26(22(3)20-24)34-18-11-10-12-28(32)31-33/h13-16,20-21,33H,8-12,17-19H2,1-7H3,(H,31,32). The van der Waals surface area contributed by atoms with Gasteiger partial charge in [0.25, 0.3) is 0 Å². The van der Waals surface area contributed by atoms with Gasteiger partial charge in [0, 0.05) is 11.8 Å². The Morgan fingerprint density at radius 3 is 1.80 bits per heavy atom. The molecule has 2 aromatic rings. The van der Waals surface area contributed by atoms with Crippen molar-refractivity contribution in [1.29, 1.82) is 0 Å². The van der Waals surface area contributed by atoms with Crippen LogP contribution in [0.2, 0.25) is 0 Å². The Balaban J connectivity index is 2.16. The van der Waals surface area contributed by atoms with Crippen LogP contribution in [0.15, 0.2) is 36.4 Å². The topological polar surface area (TPSA) is 67.8 Å². The largest absolute Gasteiger partial charge is 0.493 e. The van der Waals surface area contributed by atoms with Gasteiger partial charge in [0.15, 0.2) is 0 Å². The number of aryl methyl sites for hydroxylation is 2. The van der Waals surface area contributed by atoms with Crippen molar-refractivity contribution < 1.29 is 19.5 Å². The van der Waals surface area contributed by atoms with Gasteiger partial charge >= 0.3 is 0 Å². The monoisotopic (exact) mass is 483 g/mol. The van der Waals surface area contributed by atoms with E-state index in [1.165, 1.54) is 16.7 Å². The first-order chi connectivity index (χ1) is 16.6. The fourth-order valence-corrected chi connectivity index (χ4v) is 4.54. The first-order valence-electron chi connectivity index (χ1n) is 13.0. The van der Waals surface area contributed by atoms with E-state index in [9.17, 15) is 4.79 Å². The summed E-state index contributed by atoms with van der Waals surface area (Å²) < 4.78 is 12.1. The molecule has 0 aromatic heterocycles. The fourth-order valence-electron chi connectivity index (χ4n) is 4.54. The van der Waals surface area contributed by atoms with Gasteiger partial charge in [-0.25, -0.2) is 5.48 Å². The van der Waals surface area contributed by atoms with Crippen molar-refractivity contribution in [2.45, 2.75) is 92.4 Å². The summed E-state index contributed by atoms with van der Waals surface area (Å²) in [5.74, 6) is 1.48. The van der Waals surface area contributed by atoms with Crippen LogP contribution in [0.25, 0.3) is 0 Å². The molecule has 1 amide bonds. The number of carbonyl (C=O) groups excluding carboxylic acids is 1. The number of carbonyl (C=O) groups is 1. The predicted octanol–water partition coefficient (Wildman–Crippen LogP) is 7.28. The lowest BCUT2D eigenvalue weighted by Gasteiger charge is -2.34. The third-order valence-corrected chi connectivity index (χ3v) is 6.95. The first-order valence-corrected chi connectivity index (χ1v) is 13.0. The highest BCUT2D eigenvalue weighted by molar-refractivity contribution is 5.74. The van der Waals surface area contributed by atoms with E-state index in [0.717, 1.165) is 49.4 Å². The summed E-state index contributed by atoms with van der Waals surface area (Å²) in [6, 6.07) is 13.2. The molecule has 0 saturated carbocycles. The Kier molecular flexibility index (Phi) is 10.6. The maximum absolute atomic E-state index is 11.1. The number of nitrogens with one attached hydrogen (secondary N) is 1. The summed E-state index contributed by atoms with van der Waals surface area (Å²) in [4.78, 5) is 11.1. The Morgan fingerprint density at radius 2 is 1.37 bits per heavy atom. The molecule has 0 aliphatic heterocycles. The maximum atomic E-state index is 11.1. The molecule has 35 heavy (non-hydrogen) atoms. The van der Waals surface area contributed by atoms with Crippen molar-refractivity contribution in [3.8, 4) is 11.5 Å². The Morgan fingerprint density at radius 1 is 0.857 bits per heavy atom. The molecule has 0 atom stereocenters. The predicted molar refractivity (Wildman–Crippen MR) is 143 cm³/mol. The van der Waals surface area contributed by atoms with E-state index < -0.39 is 0 Å². The van der Waals surface area contributed by atoms with E-state index in [-0.39, 0.29) is 16.7 Å². The number of hydrogen-bond donors (Lipinski definition) is 2. The molecule has 2 aromatic carbocycles. The van der Waals surface area contributed by atoms with Gasteiger partial charge in [-0.3, -0.25) is 10.0 Å². The maximum Gasteiger partial charge on any atom is 0.243 e. The van der Waals surface area contributed by atoms with Crippen LogP contribution in [0.3, 0.4) is 0 Å². The number of ether oxygens (including phenoxy) is 2. The zero-order valence-electron chi connectivity index (χ0n) is 22.8.